The van der Waals surface area contributed by atoms with Crippen molar-refractivity contribution in [3.63, 3.8) is 0 Å². The summed E-state index contributed by atoms with van der Waals surface area (Å²) < 4.78 is 0. The first-order chi connectivity index (χ1) is 7.15. The monoisotopic (exact) mass is 203 g/mol. The van der Waals surface area contributed by atoms with E-state index in [1.165, 1.54) is 0 Å². The Balaban J connectivity index is 2.71. The standard InChI is InChI=1S/C13H17NO/c1-4-5-8-14-11(3)12-7-6-10(2)9-13(12)15/h6-7,9,11,14-15H,8H2,1-3H3. The van der Waals surface area contributed by atoms with Crippen molar-refractivity contribution in [2.45, 2.75) is 26.8 Å². The molecule has 0 spiro atoms. The van der Waals surface area contributed by atoms with Crippen molar-refractivity contribution in [1.29, 1.82) is 0 Å². The third-order valence-corrected chi connectivity index (χ3v) is 2.33. The van der Waals surface area contributed by atoms with E-state index in [4.69, 9.17) is 0 Å². The van der Waals surface area contributed by atoms with Gasteiger partial charge in [-0.3, -0.25) is 5.32 Å². The van der Waals surface area contributed by atoms with E-state index in [0.717, 1.165) is 11.1 Å². The molecule has 0 heterocycles. The van der Waals surface area contributed by atoms with Gasteiger partial charge in [-0.15, -0.1) is 5.92 Å². The van der Waals surface area contributed by atoms with E-state index in [9.17, 15) is 5.11 Å². The maximum absolute atomic E-state index is 9.74. The summed E-state index contributed by atoms with van der Waals surface area (Å²) in [5, 5.41) is 13.0. The second-order valence-corrected chi connectivity index (χ2v) is 3.59. The van der Waals surface area contributed by atoms with Crippen LogP contribution in [0.15, 0.2) is 18.2 Å². The Kier molecular flexibility index (Phi) is 4.20. The summed E-state index contributed by atoms with van der Waals surface area (Å²) in [6.45, 7) is 6.44. The molecule has 80 valence electrons. The van der Waals surface area contributed by atoms with Gasteiger partial charge < -0.3 is 5.11 Å². The van der Waals surface area contributed by atoms with Gasteiger partial charge in [-0.25, -0.2) is 0 Å². The Morgan fingerprint density at radius 3 is 2.80 bits per heavy atom. The summed E-state index contributed by atoms with van der Waals surface area (Å²) in [5.74, 6) is 6.11. The summed E-state index contributed by atoms with van der Waals surface area (Å²) in [6.07, 6.45) is 0. The Morgan fingerprint density at radius 2 is 2.20 bits per heavy atom. The highest BCUT2D eigenvalue weighted by Gasteiger charge is 2.08. The summed E-state index contributed by atoms with van der Waals surface area (Å²) in [6, 6.07) is 5.84. The predicted octanol–water partition coefficient (Wildman–Crippen LogP) is 2.37. The van der Waals surface area contributed by atoms with Crippen LogP contribution in [0.2, 0.25) is 0 Å². The quantitative estimate of drug-likeness (QED) is 0.739. The molecule has 1 rings (SSSR count). The van der Waals surface area contributed by atoms with Gasteiger partial charge in [0.1, 0.15) is 5.75 Å². The van der Waals surface area contributed by atoms with Crippen molar-refractivity contribution in [3.8, 4) is 17.6 Å². The first-order valence-corrected chi connectivity index (χ1v) is 5.07. The van der Waals surface area contributed by atoms with Gasteiger partial charge in [-0.1, -0.05) is 18.1 Å². The number of aromatic hydroxyl groups is 1. The molecule has 2 heteroatoms. The predicted molar refractivity (Wildman–Crippen MR) is 62.7 cm³/mol. The molecule has 0 amide bonds. The third-order valence-electron chi connectivity index (χ3n) is 2.33. The second kappa shape index (κ2) is 5.43. The number of nitrogens with one attached hydrogen (secondary N) is 1. The molecule has 0 bridgehead atoms. The number of hydrogen-bond donors (Lipinski definition) is 2. The largest absolute Gasteiger partial charge is 0.508 e. The number of benzene rings is 1. The lowest BCUT2D eigenvalue weighted by molar-refractivity contribution is 0.456. The molecule has 1 aromatic carbocycles. The zero-order valence-electron chi connectivity index (χ0n) is 9.46. The van der Waals surface area contributed by atoms with E-state index in [2.05, 4.69) is 17.2 Å². The molecule has 1 atom stereocenters. The first kappa shape index (κ1) is 11.6. The van der Waals surface area contributed by atoms with Gasteiger partial charge in [0.15, 0.2) is 0 Å². The maximum Gasteiger partial charge on any atom is 0.120 e. The first-order valence-electron chi connectivity index (χ1n) is 5.07. The zero-order chi connectivity index (χ0) is 11.3. The van der Waals surface area contributed by atoms with Gasteiger partial charge in [0.25, 0.3) is 0 Å². The van der Waals surface area contributed by atoms with Crippen LogP contribution in [0.4, 0.5) is 0 Å². The highest BCUT2D eigenvalue weighted by Crippen LogP contribution is 2.24. The smallest absolute Gasteiger partial charge is 0.120 e. The summed E-state index contributed by atoms with van der Waals surface area (Å²) in [7, 11) is 0. The second-order valence-electron chi connectivity index (χ2n) is 3.59. The van der Waals surface area contributed by atoms with Crippen LogP contribution in [0, 0.1) is 18.8 Å². The fourth-order valence-corrected chi connectivity index (χ4v) is 1.42. The number of phenolic OH excluding ortho intramolecular Hbond substituents is 1. The molecular weight excluding hydrogens is 186 g/mol. The molecule has 0 aliphatic heterocycles. The van der Waals surface area contributed by atoms with Gasteiger partial charge in [0.05, 0.1) is 6.54 Å². The molecule has 2 nitrogen and oxygen atoms in total. The summed E-state index contributed by atoms with van der Waals surface area (Å²) in [5.41, 5.74) is 1.98. The highest BCUT2D eigenvalue weighted by atomic mass is 16.3. The average molecular weight is 203 g/mol. The molecule has 0 aliphatic carbocycles. The third kappa shape index (κ3) is 3.30. The van der Waals surface area contributed by atoms with Crippen molar-refractivity contribution in [3.05, 3.63) is 29.3 Å². The van der Waals surface area contributed by atoms with E-state index in [1.54, 1.807) is 6.07 Å². The van der Waals surface area contributed by atoms with E-state index in [-0.39, 0.29) is 6.04 Å². The molecule has 0 fully saturated rings. The maximum atomic E-state index is 9.74. The van der Waals surface area contributed by atoms with Gasteiger partial charge in [0.2, 0.25) is 0 Å². The number of hydrogen-bond acceptors (Lipinski definition) is 2. The molecule has 1 unspecified atom stereocenters. The van der Waals surface area contributed by atoms with Crippen LogP contribution in [0.1, 0.15) is 31.0 Å². The van der Waals surface area contributed by atoms with Crippen LogP contribution >= 0.6 is 0 Å². The summed E-state index contributed by atoms with van der Waals surface area (Å²) >= 11 is 0. The molecule has 2 N–H and O–H groups in total. The van der Waals surface area contributed by atoms with Crippen molar-refractivity contribution in [2.75, 3.05) is 6.54 Å². The number of aryl methyl sites for hydroxylation is 1. The average Bonchev–Trinajstić information content (AvgIpc) is 2.17. The van der Waals surface area contributed by atoms with Crippen molar-refractivity contribution in [1.82, 2.24) is 5.32 Å². The Labute approximate surface area is 91.3 Å². The topological polar surface area (TPSA) is 32.3 Å². The van der Waals surface area contributed by atoms with E-state index in [0.29, 0.717) is 12.3 Å². The van der Waals surface area contributed by atoms with Gasteiger partial charge >= 0.3 is 0 Å². The van der Waals surface area contributed by atoms with Crippen LogP contribution in [-0.2, 0) is 0 Å². The highest BCUT2D eigenvalue weighted by molar-refractivity contribution is 5.37. The molecule has 0 radical (unpaired) electrons. The Hall–Kier alpha value is -1.46. The van der Waals surface area contributed by atoms with Crippen molar-refractivity contribution < 1.29 is 5.11 Å². The van der Waals surface area contributed by atoms with E-state index < -0.39 is 0 Å². The molecule has 0 saturated carbocycles. The van der Waals surface area contributed by atoms with Crippen molar-refractivity contribution in [2.24, 2.45) is 0 Å². The lowest BCUT2D eigenvalue weighted by Crippen LogP contribution is -2.18. The van der Waals surface area contributed by atoms with Gasteiger partial charge in [-0.2, -0.15) is 0 Å². The SMILES string of the molecule is CC#CCNC(C)c1ccc(C)cc1O. The van der Waals surface area contributed by atoms with Crippen molar-refractivity contribution >= 4 is 0 Å². The molecule has 15 heavy (non-hydrogen) atoms. The van der Waals surface area contributed by atoms with E-state index >= 15 is 0 Å². The van der Waals surface area contributed by atoms with Crippen LogP contribution in [-0.4, -0.2) is 11.7 Å². The van der Waals surface area contributed by atoms with Gasteiger partial charge in [-0.05, 0) is 32.4 Å². The molecular formula is C13H17NO. The minimum absolute atomic E-state index is 0.117. The zero-order valence-corrected chi connectivity index (χ0v) is 9.46. The Bertz CT molecular complexity index is 387. The molecule has 1 aromatic rings. The van der Waals surface area contributed by atoms with Crippen LogP contribution in [0.25, 0.3) is 0 Å². The normalized spacial score (nSPS) is 11.7. The van der Waals surface area contributed by atoms with E-state index in [1.807, 2.05) is 32.9 Å². The Morgan fingerprint density at radius 1 is 1.47 bits per heavy atom. The minimum Gasteiger partial charge on any atom is -0.508 e. The van der Waals surface area contributed by atoms with Gasteiger partial charge in [0, 0.05) is 11.6 Å². The minimum atomic E-state index is 0.117. The summed E-state index contributed by atoms with van der Waals surface area (Å²) in [4.78, 5) is 0. The lowest BCUT2D eigenvalue weighted by Gasteiger charge is -2.14. The molecule has 0 saturated heterocycles. The van der Waals surface area contributed by atoms with Crippen LogP contribution in [0.3, 0.4) is 0 Å². The number of phenols is 1. The molecule has 0 aliphatic rings. The fraction of sp³-hybridized carbons (Fsp3) is 0.385. The van der Waals surface area contributed by atoms with Crippen LogP contribution < -0.4 is 5.32 Å². The molecule has 0 aromatic heterocycles. The lowest BCUT2D eigenvalue weighted by atomic mass is 10.1. The number of rotatable bonds is 3. The fourth-order valence-electron chi connectivity index (χ4n) is 1.42. The van der Waals surface area contributed by atoms with Crippen LogP contribution in [0.5, 0.6) is 5.75 Å².